The zero-order valence-corrected chi connectivity index (χ0v) is 13.8. The molecule has 3 heterocycles. The summed E-state index contributed by atoms with van der Waals surface area (Å²) >= 11 is 2.07. The Bertz CT molecular complexity index is 747. The van der Waals surface area contributed by atoms with Crippen molar-refractivity contribution in [3.8, 4) is 0 Å². The van der Waals surface area contributed by atoms with Crippen LogP contribution in [0.5, 0.6) is 0 Å². The number of rotatable bonds is 3. The van der Waals surface area contributed by atoms with Gasteiger partial charge in [-0.25, -0.2) is 19.0 Å². The van der Waals surface area contributed by atoms with E-state index in [-0.39, 0.29) is 11.9 Å². The van der Waals surface area contributed by atoms with Gasteiger partial charge in [0.05, 0.1) is 17.5 Å². The molecule has 1 saturated heterocycles. The molecule has 116 valence electrons. The third-order valence-corrected chi connectivity index (χ3v) is 4.60. The first-order valence-corrected chi connectivity index (χ1v) is 7.77. The topological polar surface area (TPSA) is 89.9 Å². The zero-order chi connectivity index (χ0) is 15.9. The monoisotopic (exact) mass is 416 g/mol. The van der Waals surface area contributed by atoms with Gasteiger partial charge in [0, 0.05) is 6.54 Å². The molecule has 1 amide bonds. The first-order chi connectivity index (χ1) is 10.6. The van der Waals surface area contributed by atoms with Crippen LogP contribution in [0.25, 0.3) is 11.0 Å². The highest BCUT2D eigenvalue weighted by Crippen LogP contribution is 2.32. The van der Waals surface area contributed by atoms with Gasteiger partial charge in [-0.05, 0) is 35.1 Å². The number of fused-ring (bicyclic) bond motifs is 1. The molecule has 1 aliphatic rings. The number of nitrogens with two attached hydrogens (primary N) is 1. The first kappa shape index (κ1) is 15.1. The quantitative estimate of drug-likeness (QED) is 0.602. The van der Waals surface area contributed by atoms with Crippen molar-refractivity contribution in [2.24, 2.45) is 0 Å². The maximum Gasteiger partial charge on any atom is 0.246 e. The number of aromatic nitrogens is 4. The fraction of sp³-hybridized carbons (Fsp3) is 0.385. The Morgan fingerprint density at radius 3 is 3.05 bits per heavy atom. The van der Waals surface area contributed by atoms with Crippen molar-refractivity contribution in [2.45, 2.75) is 18.5 Å². The molecule has 3 rings (SSSR count). The van der Waals surface area contributed by atoms with Crippen LogP contribution in [0.3, 0.4) is 0 Å². The summed E-state index contributed by atoms with van der Waals surface area (Å²) in [5.74, 6) is 0.0881. The summed E-state index contributed by atoms with van der Waals surface area (Å²) in [4.78, 5) is 21.5. The maximum absolute atomic E-state index is 13.2. The molecule has 7 nitrogen and oxygen atoms in total. The minimum absolute atomic E-state index is 0.148. The van der Waals surface area contributed by atoms with Gasteiger partial charge in [0.1, 0.15) is 22.5 Å². The van der Waals surface area contributed by atoms with Gasteiger partial charge in [0.15, 0.2) is 5.65 Å². The molecule has 0 aromatic carbocycles. The summed E-state index contributed by atoms with van der Waals surface area (Å²) in [5.41, 5.74) is 6.48. The van der Waals surface area contributed by atoms with E-state index < -0.39 is 12.7 Å². The van der Waals surface area contributed by atoms with Gasteiger partial charge < -0.3 is 10.6 Å². The van der Waals surface area contributed by atoms with Crippen LogP contribution >= 0.6 is 22.6 Å². The molecule has 1 fully saturated rings. The average Bonchev–Trinajstić information content (AvgIpc) is 3.08. The highest BCUT2D eigenvalue weighted by Gasteiger charge is 2.36. The smallest absolute Gasteiger partial charge is 0.246 e. The molecule has 0 bridgehead atoms. The fourth-order valence-corrected chi connectivity index (χ4v) is 3.56. The van der Waals surface area contributed by atoms with Crippen LogP contribution in [0.4, 0.5) is 10.2 Å². The van der Waals surface area contributed by atoms with E-state index in [9.17, 15) is 9.18 Å². The predicted octanol–water partition coefficient (Wildman–Crippen LogP) is 1.31. The highest BCUT2D eigenvalue weighted by atomic mass is 127. The lowest BCUT2D eigenvalue weighted by Crippen LogP contribution is -2.35. The van der Waals surface area contributed by atoms with Gasteiger partial charge >= 0.3 is 0 Å². The van der Waals surface area contributed by atoms with Crippen LogP contribution < -0.4 is 5.73 Å². The first-order valence-electron chi connectivity index (χ1n) is 6.70. The van der Waals surface area contributed by atoms with Crippen LogP contribution in [0.1, 0.15) is 12.5 Å². The molecule has 0 saturated carbocycles. The molecular formula is C13H14FIN6O. The second kappa shape index (κ2) is 5.78. The van der Waals surface area contributed by atoms with Gasteiger partial charge in [0.25, 0.3) is 0 Å². The largest absolute Gasteiger partial charge is 0.383 e. The lowest BCUT2D eigenvalue weighted by Gasteiger charge is -2.20. The lowest BCUT2D eigenvalue weighted by atomic mass is 10.2. The molecule has 0 spiro atoms. The molecule has 0 unspecified atom stereocenters. The number of likely N-dealkylation sites (tertiary alicyclic amines) is 1. The van der Waals surface area contributed by atoms with Gasteiger partial charge in [-0.2, -0.15) is 5.10 Å². The lowest BCUT2D eigenvalue weighted by molar-refractivity contribution is -0.127. The van der Waals surface area contributed by atoms with Crippen molar-refractivity contribution < 1.29 is 9.18 Å². The SMILES string of the molecule is C=CC(=O)N1C[C@@H](n2nc(I)c3c(N)ncnc32)C[C@@H]1CF. The summed E-state index contributed by atoms with van der Waals surface area (Å²) in [6.45, 7) is 3.24. The molecule has 22 heavy (non-hydrogen) atoms. The van der Waals surface area contributed by atoms with Crippen LogP contribution in [0.2, 0.25) is 0 Å². The van der Waals surface area contributed by atoms with Crippen molar-refractivity contribution in [3.05, 3.63) is 22.7 Å². The number of nitrogen functional groups attached to an aromatic ring is 1. The summed E-state index contributed by atoms with van der Waals surface area (Å²) in [6, 6.07) is -0.614. The molecule has 0 aliphatic carbocycles. The zero-order valence-electron chi connectivity index (χ0n) is 11.6. The Hall–Kier alpha value is -1.78. The third kappa shape index (κ3) is 2.32. The molecule has 9 heteroatoms. The van der Waals surface area contributed by atoms with E-state index in [0.29, 0.717) is 33.5 Å². The number of halogens is 2. The summed E-state index contributed by atoms with van der Waals surface area (Å²) in [5, 5.41) is 5.14. The molecule has 2 atom stereocenters. The Kier molecular flexibility index (Phi) is 3.98. The summed E-state index contributed by atoms with van der Waals surface area (Å²) in [7, 11) is 0. The summed E-state index contributed by atoms with van der Waals surface area (Å²) in [6.07, 6.45) is 3.06. The Labute approximate surface area is 139 Å². The van der Waals surface area contributed by atoms with E-state index in [0.717, 1.165) is 0 Å². The Morgan fingerprint density at radius 2 is 2.36 bits per heavy atom. The van der Waals surface area contributed by atoms with E-state index in [1.54, 1.807) is 4.68 Å². The number of anilines is 1. The van der Waals surface area contributed by atoms with E-state index in [2.05, 4.69) is 44.2 Å². The van der Waals surface area contributed by atoms with Gasteiger partial charge in [-0.3, -0.25) is 4.79 Å². The average molecular weight is 416 g/mol. The fourth-order valence-electron chi connectivity index (χ4n) is 2.81. The van der Waals surface area contributed by atoms with Crippen molar-refractivity contribution in [2.75, 3.05) is 19.0 Å². The number of nitrogens with zero attached hydrogens (tertiary/aromatic N) is 5. The summed E-state index contributed by atoms with van der Waals surface area (Å²) < 4.78 is 15.6. The van der Waals surface area contributed by atoms with Crippen molar-refractivity contribution >= 4 is 45.3 Å². The second-order valence-corrected chi connectivity index (χ2v) is 6.11. The van der Waals surface area contributed by atoms with Crippen molar-refractivity contribution in [1.82, 2.24) is 24.6 Å². The number of amides is 1. The molecule has 1 aliphatic heterocycles. The molecule has 2 N–H and O–H groups in total. The number of carbonyl (C=O) groups excluding carboxylic acids is 1. The van der Waals surface area contributed by atoms with Crippen molar-refractivity contribution in [1.29, 1.82) is 0 Å². The number of hydrogen-bond donors (Lipinski definition) is 1. The van der Waals surface area contributed by atoms with E-state index in [4.69, 9.17) is 5.73 Å². The molecular weight excluding hydrogens is 402 g/mol. The van der Waals surface area contributed by atoms with Crippen molar-refractivity contribution in [3.63, 3.8) is 0 Å². The van der Waals surface area contributed by atoms with Gasteiger partial charge in [-0.1, -0.05) is 6.58 Å². The predicted molar refractivity (Wildman–Crippen MR) is 87.8 cm³/mol. The minimum Gasteiger partial charge on any atom is -0.383 e. The highest BCUT2D eigenvalue weighted by molar-refractivity contribution is 14.1. The number of carbonyl (C=O) groups is 1. The van der Waals surface area contributed by atoms with E-state index in [1.807, 2.05) is 0 Å². The molecule has 2 aromatic rings. The van der Waals surface area contributed by atoms with Gasteiger partial charge in [-0.15, -0.1) is 0 Å². The maximum atomic E-state index is 13.2. The number of hydrogen-bond acceptors (Lipinski definition) is 5. The number of alkyl halides is 1. The normalized spacial score (nSPS) is 21.5. The van der Waals surface area contributed by atoms with E-state index >= 15 is 0 Å². The third-order valence-electron chi connectivity index (χ3n) is 3.85. The Balaban J connectivity index is 2.01. The standard InChI is InChI=1S/C13H14FIN6O/c1-2-9(22)20-5-8(3-7(20)4-14)21-13-10(11(15)19-21)12(16)17-6-18-13/h2,6-8H,1,3-5H2,(H2,16,17,18)/t7-,8+/m1/s1. The van der Waals surface area contributed by atoms with Crippen LogP contribution in [0, 0.1) is 3.70 Å². The minimum atomic E-state index is -0.594. The molecule has 2 aromatic heterocycles. The van der Waals surface area contributed by atoms with E-state index in [1.165, 1.54) is 17.3 Å². The van der Waals surface area contributed by atoms with Gasteiger partial charge in [0.2, 0.25) is 5.91 Å². The van der Waals surface area contributed by atoms with Crippen LogP contribution in [0.15, 0.2) is 19.0 Å². The van der Waals surface area contributed by atoms with Crippen LogP contribution in [-0.2, 0) is 4.79 Å². The second-order valence-electron chi connectivity index (χ2n) is 5.09. The van der Waals surface area contributed by atoms with Crippen LogP contribution in [-0.4, -0.2) is 49.8 Å². The molecule has 0 radical (unpaired) electrons. The Morgan fingerprint density at radius 1 is 1.59 bits per heavy atom.